The van der Waals surface area contributed by atoms with E-state index in [1.165, 1.54) is 0 Å². The van der Waals surface area contributed by atoms with Crippen molar-refractivity contribution in [3.05, 3.63) is 0 Å². The highest BCUT2D eigenvalue weighted by Gasteiger charge is 2.51. The minimum atomic E-state index is -1.85. The number of carboxylic acids is 2. The summed E-state index contributed by atoms with van der Waals surface area (Å²) >= 11 is 0. The highest BCUT2D eigenvalue weighted by molar-refractivity contribution is 5.79. The van der Waals surface area contributed by atoms with Crippen LogP contribution in [0.1, 0.15) is 51.4 Å². The van der Waals surface area contributed by atoms with E-state index in [9.17, 15) is 14.7 Å². The Morgan fingerprint density at radius 1 is 1.06 bits per heavy atom. The SMILES string of the molecule is NC(N)(C(=O)O)C1(CCC(=O)O)CCCCCC1. The van der Waals surface area contributed by atoms with Gasteiger partial charge in [0, 0.05) is 11.8 Å². The summed E-state index contributed by atoms with van der Waals surface area (Å²) < 4.78 is 0. The molecule has 1 fully saturated rings. The number of nitrogens with two attached hydrogens (primary N) is 2. The van der Waals surface area contributed by atoms with Crippen LogP contribution in [-0.4, -0.2) is 27.8 Å². The summed E-state index contributed by atoms with van der Waals surface area (Å²) in [6.07, 6.45) is 5.03. The molecule has 6 heteroatoms. The molecular weight excluding hydrogens is 236 g/mol. The van der Waals surface area contributed by atoms with Crippen molar-refractivity contribution in [2.75, 3.05) is 0 Å². The lowest BCUT2D eigenvalue weighted by Crippen LogP contribution is -2.67. The molecular formula is C12H22N2O4. The van der Waals surface area contributed by atoms with E-state index in [4.69, 9.17) is 16.6 Å². The standard InChI is InChI=1S/C12H22N2O4/c13-12(14,10(17)18)11(8-5-9(15)16)6-3-1-2-4-7-11/h1-8,13-14H2,(H,15,16)(H,17,18). The van der Waals surface area contributed by atoms with Crippen molar-refractivity contribution < 1.29 is 19.8 Å². The third kappa shape index (κ3) is 3.00. The van der Waals surface area contributed by atoms with Crippen LogP contribution < -0.4 is 11.5 Å². The first-order valence-corrected chi connectivity index (χ1v) is 6.35. The zero-order valence-corrected chi connectivity index (χ0v) is 10.5. The van der Waals surface area contributed by atoms with Crippen LogP contribution in [0, 0.1) is 5.41 Å². The minimum absolute atomic E-state index is 0.0938. The Balaban J connectivity index is 2.98. The molecule has 1 aliphatic rings. The van der Waals surface area contributed by atoms with E-state index >= 15 is 0 Å². The van der Waals surface area contributed by atoms with Crippen molar-refractivity contribution in [1.82, 2.24) is 0 Å². The predicted molar refractivity (Wildman–Crippen MR) is 65.7 cm³/mol. The fourth-order valence-corrected chi connectivity index (χ4v) is 2.85. The molecule has 18 heavy (non-hydrogen) atoms. The Morgan fingerprint density at radius 3 is 1.94 bits per heavy atom. The van der Waals surface area contributed by atoms with Crippen LogP contribution in [0.5, 0.6) is 0 Å². The predicted octanol–water partition coefficient (Wildman–Crippen LogP) is 0.890. The minimum Gasteiger partial charge on any atom is -0.481 e. The number of carbonyl (C=O) groups is 2. The van der Waals surface area contributed by atoms with Crippen molar-refractivity contribution in [3.8, 4) is 0 Å². The molecule has 0 amide bonds. The Hall–Kier alpha value is -1.14. The van der Waals surface area contributed by atoms with Gasteiger partial charge in [0.1, 0.15) is 0 Å². The first-order valence-electron chi connectivity index (χ1n) is 6.35. The zero-order chi connectivity index (χ0) is 13.8. The Labute approximate surface area is 106 Å². The fraction of sp³-hybridized carbons (Fsp3) is 0.833. The van der Waals surface area contributed by atoms with E-state index < -0.39 is 23.0 Å². The number of hydrogen-bond donors (Lipinski definition) is 4. The van der Waals surface area contributed by atoms with Gasteiger partial charge >= 0.3 is 11.9 Å². The number of hydrogen-bond acceptors (Lipinski definition) is 4. The van der Waals surface area contributed by atoms with Crippen LogP contribution in [0.2, 0.25) is 0 Å². The number of carboxylic acid groups (broad SMARTS) is 2. The normalized spacial score (nSPS) is 20.1. The van der Waals surface area contributed by atoms with Crippen LogP contribution >= 0.6 is 0 Å². The third-order valence-electron chi connectivity index (χ3n) is 4.11. The van der Waals surface area contributed by atoms with Crippen molar-refractivity contribution in [3.63, 3.8) is 0 Å². The molecule has 0 unspecified atom stereocenters. The summed E-state index contributed by atoms with van der Waals surface area (Å²) in [5.41, 5.74) is 8.95. The Bertz CT molecular complexity index is 320. The van der Waals surface area contributed by atoms with Crippen LogP contribution in [0.4, 0.5) is 0 Å². The van der Waals surface area contributed by atoms with Gasteiger partial charge in [0.05, 0.1) is 0 Å². The first kappa shape index (κ1) is 14.9. The van der Waals surface area contributed by atoms with E-state index in [-0.39, 0.29) is 12.8 Å². The molecule has 0 saturated heterocycles. The molecule has 0 aromatic carbocycles. The summed E-state index contributed by atoms with van der Waals surface area (Å²) in [5.74, 6) is -2.20. The molecule has 1 rings (SSSR count). The summed E-state index contributed by atoms with van der Waals surface area (Å²) in [4.78, 5) is 22.0. The second kappa shape index (κ2) is 5.67. The highest BCUT2D eigenvalue weighted by atomic mass is 16.4. The molecule has 0 bridgehead atoms. The summed E-state index contributed by atoms with van der Waals surface area (Å²) in [7, 11) is 0. The maximum atomic E-state index is 11.3. The molecule has 0 heterocycles. The van der Waals surface area contributed by atoms with Crippen molar-refractivity contribution in [2.45, 2.75) is 57.0 Å². The fourth-order valence-electron chi connectivity index (χ4n) is 2.85. The van der Waals surface area contributed by atoms with Crippen LogP contribution in [-0.2, 0) is 9.59 Å². The molecule has 104 valence electrons. The maximum absolute atomic E-state index is 11.3. The zero-order valence-electron chi connectivity index (χ0n) is 10.5. The van der Waals surface area contributed by atoms with Crippen molar-refractivity contribution in [1.29, 1.82) is 0 Å². The molecule has 1 saturated carbocycles. The number of aliphatic carboxylic acids is 2. The second-order valence-electron chi connectivity index (χ2n) is 5.26. The lowest BCUT2D eigenvalue weighted by molar-refractivity contribution is -0.151. The van der Waals surface area contributed by atoms with Gasteiger partial charge in [-0.15, -0.1) is 0 Å². The van der Waals surface area contributed by atoms with Gasteiger partial charge in [0.25, 0.3) is 0 Å². The topological polar surface area (TPSA) is 127 Å². The van der Waals surface area contributed by atoms with Crippen LogP contribution in [0.3, 0.4) is 0 Å². The van der Waals surface area contributed by atoms with Crippen LogP contribution in [0.25, 0.3) is 0 Å². The molecule has 1 aliphatic carbocycles. The quantitative estimate of drug-likeness (QED) is 0.428. The highest BCUT2D eigenvalue weighted by Crippen LogP contribution is 2.44. The first-order chi connectivity index (χ1) is 8.32. The Morgan fingerprint density at radius 2 is 1.56 bits per heavy atom. The van der Waals surface area contributed by atoms with Crippen LogP contribution in [0.15, 0.2) is 0 Å². The van der Waals surface area contributed by atoms with Gasteiger partial charge in [-0.3, -0.25) is 4.79 Å². The van der Waals surface area contributed by atoms with E-state index in [0.717, 1.165) is 25.7 Å². The van der Waals surface area contributed by atoms with Gasteiger partial charge in [-0.2, -0.15) is 0 Å². The molecule has 0 atom stereocenters. The Kier molecular flexibility index (Phi) is 4.70. The molecule has 0 spiro atoms. The van der Waals surface area contributed by atoms with Gasteiger partial charge in [-0.05, 0) is 19.3 Å². The molecule has 0 aromatic rings. The smallest absolute Gasteiger partial charge is 0.339 e. The molecule has 0 aromatic heterocycles. The van der Waals surface area contributed by atoms with Crippen molar-refractivity contribution >= 4 is 11.9 Å². The average Bonchev–Trinajstić information content (AvgIpc) is 2.52. The largest absolute Gasteiger partial charge is 0.481 e. The molecule has 6 nitrogen and oxygen atoms in total. The lowest BCUT2D eigenvalue weighted by atomic mass is 9.67. The lowest BCUT2D eigenvalue weighted by Gasteiger charge is -2.43. The molecule has 6 N–H and O–H groups in total. The van der Waals surface area contributed by atoms with Gasteiger partial charge in [0.15, 0.2) is 5.66 Å². The van der Waals surface area contributed by atoms with E-state index in [0.29, 0.717) is 12.8 Å². The molecule has 0 aliphatic heterocycles. The maximum Gasteiger partial charge on any atom is 0.339 e. The summed E-state index contributed by atoms with van der Waals surface area (Å²) in [6.45, 7) is 0. The van der Waals surface area contributed by atoms with Gasteiger partial charge in [-0.25, -0.2) is 4.79 Å². The van der Waals surface area contributed by atoms with Gasteiger partial charge in [0.2, 0.25) is 0 Å². The number of rotatable bonds is 5. The average molecular weight is 258 g/mol. The molecule has 0 radical (unpaired) electrons. The summed E-state index contributed by atoms with van der Waals surface area (Å²) in [5, 5.41) is 18.0. The monoisotopic (exact) mass is 258 g/mol. The van der Waals surface area contributed by atoms with E-state index in [1.54, 1.807) is 0 Å². The van der Waals surface area contributed by atoms with E-state index in [2.05, 4.69) is 0 Å². The third-order valence-corrected chi connectivity index (χ3v) is 4.11. The summed E-state index contributed by atoms with van der Waals surface area (Å²) in [6, 6.07) is 0. The van der Waals surface area contributed by atoms with Gasteiger partial charge in [-0.1, -0.05) is 25.7 Å². The van der Waals surface area contributed by atoms with E-state index in [1.807, 2.05) is 0 Å². The van der Waals surface area contributed by atoms with Crippen molar-refractivity contribution in [2.24, 2.45) is 16.9 Å². The van der Waals surface area contributed by atoms with Gasteiger partial charge < -0.3 is 21.7 Å². The second-order valence-corrected chi connectivity index (χ2v) is 5.26.